The van der Waals surface area contributed by atoms with Crippen LogP contribution >= 0.6 is 0 Å². The zero-order chi connectivity index (χ0) is 13.7. The van der Waals surface area contributed by atoms with Crippen LogP contribution in [0.1, 0.15) is 31.9 Å². The highest BCUT2D eigenvalue weighted by Gasteiger charge is 2.21. The van der Waals surface area contributed by atoms with E-state index in [-0.39, 0.29) is 12.3 Å². The monoisotopic (exact) mass is 254 g/mol. The molecule has 0 aliphatic carbocycles. The summed E-state index contributed by atoms with van der Waals surface area (Å²) in [6.07, 6.45) is 1.80. The van der Waals surface area contributed by atoms with E-state index < -0.39 is 17.9 Å². The lowest BCUT2D eigenvalue weighted by molar-refractivity contribution is -0.142. The lowest BCUT2D eigenvalue weighted by Gasteiger charge is -2.15. The van der Waals surface area contributed by atoms with Crippen molar-refractivity contribution in [2.45, 2.75) is 39.7 Å². The van der Waals surface area contributed by atoms with Crippen molar-refractivity contribution >= 4 is 11.9 Å². The van der Waals surface area contributed by atoms with Crippen molar-refractivity contribution in [3.8, 4) is 0 Å². The third-order valence-corrected chi connectivity index (χ3v) is 2.32. The zero-order valence-corrected chi connectivity index (χ0v) is 10.8. The van der Waals surface area contributed by atoms with E-state index in [4.69, 9.17) is 9.52 Å². The van der Waals surface area contributed by atoms with E-state index in [0.717, 1.165) is 0 Å². The largest absolute Gasteiger partial charge is 0.480 e. The zero-order valence-electron chi connectivity index (χ0n) is 10.8. The Hall–Kier alpha value is -1.85. The molecule has 6 nitrogen and oxygen atoms in total. The summed E-state index contributed by atoms with van der Waals surface area (Å²) in [7, 11) is 0. The maximum absolute atomic E-state index is 11.6. The van der Waals surface area contributed by atoms with E-state index >= 15 is 0 Å². The van der Waals surface area contributed by atoms with Gasteiger partial charge in [-0.05, 0) is 19.3 Å². The number of amides is 1. The number of carbonyl (C=O) groups is 2. The van der Waals surface area contributed by atoms with Gasteiger partial charge in [-0.25, -0.2) is 9.78 Å². The summed E-state index contributed by atoms with van der Waals surface area (Å²) in [6.45, 7) is 5.56. The molecule has 1 heterocycles. The van der Waals surface area contributed by atoms with Crippen LogP contribution in [-0.2, 0) is 16.0 Å². The first kappa shape index (κ1) is 14.2. The maximum atomic E-state index is 11.6. The van der Waals surface area contributed by atoms with Crippen LogP contribution in [0.5, 0.6) is 0 Å². The fourth-order valence-electron chi connectivity index (χ4n) is 1.56. The minimum absolute atomic E-state index is 0.0459. The van der Waals surface area contributed by atoms with Gasteiger partial charge in [-0.1, -0.05) is 13.8 Å². The topological polar surface area (TPSA) is 92.4 Å². The first-order chi connectivity index (χ1) is 8.38. The lowest BCUT2D eigenvalue weighted by Crippen LogP contribution is -2.42. The van der Waals surface area contributed by atoms with Gasteiger partial charge in [0.15, 0.2) is 0 Å². The van der Waals surface area contributed by atoms with Crippen molar-refractivity contribution in [3.63, 3.8) is 0 Å². The Morgan fingerprint density at radius 2 is 2.17 bits per heavy atom. The smallest absolute Gasteiger partial charge is 0.326 e. The third-order valence-electron chi connectivity index (χ3n) is 2.32. The molecule has 0 bridgehead atoms. The Bertz CT molecular complexity index is 425. The molecule has 2 N–H and O–H groups in total. The van der Waals surface area contributed by atoms with Gasteiger partial charge in [0.05, 0.1) is 5.69 Å². The summed E-state index contributed by atoms with van der Waals surface area (Å²) in [5.74, 6) is -0.945. The Balaban J connectivity index is 2.53. The van der Waals surface area contributed by atoms with Crippen LogP contribution < -0.4 is 5.32 Å². The quantitative estimate of drug-likeness (QED) is 0.794. The van der Waals surface area contributed by atoms with Gasteiger partial charge in [-0.15, -0.1) is 0 Å². The van der Waals surface area contributed by atoms with Gasteiger partial charge in [0.2, 0.25) is 11.8 Å². The van der Waals surface area contributed by atoms with E-state index in [9.17, 15) is 9.59 Å². The second-order valence-electron chi connectivity index (χ2n) is 4.65. The number of nitrogens with zero attached hydrogens (tertiary/aromatic N) is 1. The SMILES string of the molecule is Cc1coc(CC(=O)N[C@H](CC(C)C)C(=O)O)n1. The summed E-state index contributed by atoms with van der Waals surface area (Å²) in [4.78, 5) is 26.6. The molecule has 0 aliphatic heterocycles. The molecule has 0 aliphatic rings. The summed E-state index contributed by atoms with van der Waals surface area (Å²) in [5, 5.41) is 11.5. The van der Waals surface area contributed by atoms with Crippen molar-refractivity contribution in [3.05, 3.63) is 17.8 Å². The van der Waals surface area contributed by atoms with Crippen LogP contribution in [0.25, 0.3) is 0 Å². The Labute approximate surface area is 105 Å². The van der Waals surface area contributed by atoms with Crippen molar-refractivity contribution in [2.75, 3.05) is 0 Å². The Morgan fingerprint density at radius 3 is 2.61 bits per heavy atom. The minimum atomic E-state index is -1.03. The fourth-order valence-corrected chi connectivity index (χ4v) is 1.56. The number of rotatable bonds is 6. The number of carbonyl (C=O) groups excluding carboxylic acids is 1. The molecule has 1 rings (SSSR count). The van der Waals surface area contributed by atoms with Gasteiger partial charge < -0.3 is 14.8 Å². The van der Waals surface area contributed by atoms with Crippen LogP contribution in [0.2, 0.25) is 0 Å². The van der Waals surface area contributed by atoms with E-state index in [1.54, 1.807) is 6.92 Å². The Kier molecular flexibility index (Phi) is 4.88. The number of oxazole rings is 1. The molecule has 0 fully saturated rings. The molecule has 0 aromatic carbocycles. The first-order valence-corrected chi connectivity index (χ1v) is 5.81. The molecule has 6 heteroatoms. The van der Waals surface area contributed by atoms with Gasteiger partial charge in [0.25, 0.3) is 0 Å². The molecule has 1 atom stereocenters. The van der Waals surface area contributed by atoms with E-state index in [0.29, 0.717) is 18.0 Å². The number of carboxylic acid groups (broad SMARTS) is 1. The predicted octanol–water partition coefficient (Wildman–Crippen LogP) is 1.14. The molecule has 1 amide bonds. The van der Waals surface area contributed by atoms with Gasteiger partial charge in [-0.2, -0.15) is 0 Å². The number of aromatic nitrogens is 1. The average Bonchev–Trinajstić information content (AvgIpc) is 2.62. The van der Waals surface area contributed by atoms with Gasteiger partial charge >= 0.3 is 5.97 Å². The number of aryl methyl sites for hydroxylation is 1. The maximum Gasteiger partial charge on any atom is 0.326 e. The standard InChI is InChI=1S/C12H18N2O4/c1-7(2)4-9(12(16)17)14-10(15)5-11-13-8(3)6-18-11/h6-7,9H,4-5H2,1-3H3,(H,14,15)(H,16,17)/t9-/m1/s1. The van der Waals surface area contributed by atoms with Crippen LogP contribution in [0.3, 0.4) is 0 Å². The van der Waals surface area contributed by atoms with Crippen LogP contribution in [0, 0.1) is 12.8 Å². The van der Waals surface area contributed by atoms with Crippen LogP contribution in [0.4, 0.5) is 0 Å². The summed E-state index contributed by atoms with van der Waals surface area (Å²) < 4.78 is 5.04. The molecule has 100 valence electrons. The molecule has 1 aromatic heterocycles. The third kappa shape index (κ3) is 4.57. The molecule has 1 aromatic rings. The van der Waals surface area contributed by atoms with Crippen LogP contribution in [0.15, 0.2) is 10.7 Å². The molecule has 0 saturated heterocycles. The lowest BCUT2D eigenvalue weighted by atomic mass is 10.0. The second-order valence-corrected chi connectivity index (χ2v) is 4.65. The molecular weight excluding hydrogens is 236 g/mol. The average molecular weight is 254 g/mol. The van der Waals surface area contributed by atoms with Crippen LogP contribution in [-0.4, -0.2) is 28.0 Å². The summed E-state index contributed by atoms with van der Waals surface area (Å²) in [6, 6.07) is -0.867. The normalized spacial score (nSPS) is 12.4. The van der Waals surface area contributed by atoms with Crippen molar-refractivity contribution < 1.29 is 19.1 Å². The highest BCUT2D eigenvalue weighted by Crippen LogP contribution is 2.06. The molecule has 0 saturated carbocycles. The molecule has 18 heavy (non-hydrogen) atoms. The Morgan fingerprint density at radius 1 is 1.50 bits per heavy atom. The highest BCUT2D eigenvalue weighted by molar-refractivity contribution is 5.84. The van der Waals surface area contributed by atoms with Gasteiger partial charge in [0.1, 0.15) is 18.7 Å². The molecular formula is C12H18N2O4. The first-order valence-electron chi connectivity index (χ1n) is 5.81. The van der Waals surface area contributed by atoms with Gasteiger partial charge in [0, 0.05) is 0 Å². The van der Waals surface area contributed by atoms with Crippen molar-refractivity contribution in [1.29, 1.82) is 0 Å². The van der Waals surface area contributed by atoms with Gasteiger partial charge in [-0.3, -0.25) is 4.79 Å². The minimum Gasteiger partial charge on any atom is -0.480 e. The number of aliphatic carboxylic acids is 1. The molecule has 0 unspecified atom stereocenters. The van der Waals surface area contributed by atoms with E-state index in [2.05, 4.69) is 10.3 Å². The number of hydrogen-bond acceptors (Lipinski definition) is 4. The predicted molar refractivity (Wildman–Crippen MR) is 64.0 cm³/mol. The molecule has 0 radical (unpaired) electrons. The highest BCUT2D eigenvalue weighted by atomic mass is 16.4. The van der Waals surface area contributed by atoms with Crippen molar-refractivity contribution in [1.82, 2.24) is 10.3 Å². The number of hydrogen-bond donors (Lipinski definition) is 2. The number of carboxylic acids is 1. The summed E-state index contributed by atoms with van der Waals surface area (Å²) in [5.41, 5.74) is 0.690. The van der Waals surface area contributed by atoms with E-state index in [1.165, 1.54) is 6.26 Å². The van der Waals surface area contributed by atoms with Crippen molar-refractivity contribution in [2.24, 2.45) is 5.92 Å². The number of nitrogens with one attached hydrogen (secondary N) is 1. The van der Waals surface area contributed by atoms with E-state index in [1.807, 2.05) is 13.8 Å². The molecule has 0 spiro atoms. The summed E-state index contributed by atoms with van der Waals surface area (Å²) >= 11 is 0. The second kappa shape index (κ2) is 6.18. The fraction of sp³-hybridized carbons (Fsp3) is 0.583.